The van der Waals surface area contributed by atoms with Crippen molar-refractivity contribution in [3.63, 3.8) is 0 Å². The van der Waals surface area contributed by atoms with Gasteiger partial charge in [-0.3, -0.25) is 0 Å². The van der Waals surface area contributed by atoms with Crippen molar-refractivity contribution in [3.05, 3.63) is 42.1 Å². The third-order valence-electron chi connectivity index (χ3n) is 3.22. The van der Waals surface area contributed by atoms with E-state index in [1.807, 2.05) is 38.4 Å². The largest absolute Gasteiger partial charge is 0.497 e. The highest BCUT2D eigenvalue weighted by Crippen LogP contribution is 2.13. The predicted octanol–water partition coefficient (Wildman–Crippen LogP) is 2.17. The van der Waals surface area contributed by atoms with Crippen LogP contribution in [0.2, 0.25) is 0 Å². The summed E-state index contributed by atoms with van der Waals surface area (Å²) in [6.07, 6.45) is 3.73. The van der Waals surface area contributed by atoms with Crippen molar-refractivity contribution in [2.75, 3.05) is 41.3 Å². The molecule has 1 aromatic carbocycles. The van der Waals surface area contributed by atoms with Crippen molar-refractivity contribution >= 4 is 5.96 Å². The van der Waals surface area contributed by atoms with Gasteiger partial charge < -0.3 is 19.9 Å². The lowest BCUT2D eigenvalue weighted by Crippen LogP contribution is -2.42. The van der Waals surface area contributed by atoms with E-state index in [2.05, 4.69) is 46.3 Å². The molecule has 1 N–H and O–H groups in total. The standard InChI is InChI=1S/C17H28N4O/c1-6-11-19-17(18-2)21(13-12-20(3)4)14-15-7-9-16(22-5)10-8-15/h6-11H,12-14H2,1-5H3,(H,18,19)/b11-6-. The van der Waals surface area contributed by atoms with E-state index in [9.17, 15) is 0 Å². The van der Waals surface area contributed by atoms with Crippen molar-refractivity contribution in [2.45, 2.75) is 13.5 Å². The molecule has 5 heteroatoms. The second-order valence-corrected chi connectivity index (χ2v) is 5.26. The van der Waals surface area contributed by atoms with Gasteiger partial charge >= 0.3 is 0 Å². The van der Waals surface area contributed by atoms with Crippen LogP contribution in [0.25, 0.3) is 0 Å². The Morgan fingerprint density at radius 3 is 2.41 bits per heavy atom. The second kappa shape index (κ2) is 9.84. The molecule has 0 aliphatic heterocycles. The van der Waals surface area contributed by atoms with Gasteiger partial charge in [-0.1, -0.05) is 18.2 Å². The molecule has 0 amide bonds. The van der Waals surface area contributed by atoms with Gasteiger partial charge in [0.15, 0.2) is 5.96 Å². The molecule has 0 aromatic heterocycles. The quantitative estimate of drug-likeness (QED) is 0.619. The highest BCUT2D eigenvalue weighted by Gasteiger charge is 2.11. The van der Waals surface area contributed by atoms with Gasteiger partial charge in [-0.2, -0.15) is 0 Å². The number of rotatable bonds is 7. The maximum Gasteiger partial charge on any atom is 0.198 e. The summed E-state index contributed by atoms with van der Waals surface area (Å²) in [5.41, 5.74) is 1.22. The van der Waals surface area contributed by atoms with E-state index in [1.54, 1.807) is 7.11 Å². The summed E-state index contributed by atoms with van der Waals surface area (Å²) in [5.74, 6) is 1.75. The molecule has 0 aliphatic rings. The molecule has 1 rings (SSSR count). The summed E-state index contributed by atoms with van der Waals surface area (Å²) in [6, 6.07) is 8.15. The van der Waals surface area contributed by atoms with Crippen LogP contribution < -0.4 is 10.1 Å². The van der Waals surface area contributed by atoms with Crippen LogP contribution in [0, 0.1) is 0 Å². The summed E-state index contributed by atoms with van der Waals surface area (Å²) in [7, 11) is 7.74. The van der Waals surface area contributed by atoms with E-state index < -0.39 is 0 Å². The van der Waals surface area contributed by atoms with Gasteiger partial charge in [0.2, 0.25) is 0 Å². The molecule has 1 aromatic rings. The summed E-state index contributed by atoms with van der Waals surface area (Å²) in [4.78, 5) is 8.89. The second-order valence-electron chi connectivity index (χ2n) is 5.26. The summed E-state index contributed by atoms with van der Waals surface area (Å²) < 4.78 is 5.21. The van der Waals surface area contributed by atoms with Crippen LogP contribution >= 0.6 is 0 Å². The van der Waals surface area contributed by atoms with Gasteiger partial charge in [0, 0.05) is 32.9 Å². The maximum absolute atomic E-state index is 5.21. The fraction of sp³-hybridized carbons (Fsp3) is 0.471. The van der Waals surface area contributed by atoms with Gasteiger partial charge in [-0.05, 0) is 38.7 Å². The normalized spacial score (nSPS) is 12.0. The van der Waals surface area contributed by atoms with Gasteiger partial charge in [0.25, 0.3) is 0 Å². The number of benzene rings is 1. The average molecular weight is 304 g/mol. The number of likely N-dealkylation sites (N-methyl/N-ethyl adjacent to an activating group) is 1. The van der Waals surface area contributed by atoms with Crippen molar-refractivity contribution < 1.29 is 4.74 Å². The van der Waals surface area contributed by atoms with Gasteiger partial charge in [0.1, 0.15) is 5.75 Å². The molecule has 0 saturated carbocycles. The van der Waals surface area contributed by atoms with Crippen LogP contribution in [0.4, 0.5) is 0 Å². The van der Waals surface area contributed by atoms with E-state index in [-0.39, 0.29) is 0 Å². The van der Waals surface area contributed by atoms with Crippen molar-refractivity contribution in [2.24, 2.45) is 4.99 Å². The minimum atomic E-state index is 0.801. The molecule has 0 fully saturated rings. The molecule has 22 heavy (non-hydrogen) atoms. The first-order valence-corrected chi connectivity index (χ1v) is 7.50. The van der Waals surface area contributed by atoms with E-state index in [1.165, 1.54) is 5.56 Å². The molecule has 0 aliphatic carbocycles. The van der Waals surface area contributed by atoms with Crippen LogP contribution in [0.5, 0.6) is 5.75 Å². The number of nitrogens with one attached hydrogen (secondary N) is 1. The van der Waals surface area contributed by atoms with Crippen LogP contribution in [-0.4, -0.2) is 57.1 Å². The predicted molar refractivity (Wildman–Crippen MR) is 93.3 cm³/mol. The zero-order valence-electron chi connectivity index (χ0n) is 14.3. The number of ether oxygens (including phenoxy) is 1. The minimum Gasteiger partial charge on any atom is -0.497 e. The van der Waals surface area contributed by atoms with E-state index in [4.69, 9.17) is 4.74 Å². The maximum atomic E-state index is 5.21. The average Bonchev–Trinajstić information content (AvgIpc) is 2.53. The highest BCUT2D eigenvalue weighted by atomic mass is 16.5. The first-order chi connectivity index (χ1) is 10.6. The fourth-order valence-corrected chi connectivity index (χ4v) is 1.98. The number of aliphatic imine (C=N–C) groups is 1. The van der Waals surface area contributed by atoms with E-state index in [0.717, 1.165) is 31.3 Å². The molecule has 0 radical (unpaired) electrons. The molecule has 0 heterocycles. The molecule has 122 valence electrons. The lowest BCUT2D eigenvalue weighted by atomic mass is 10.2. The number of methoxy groups -OCH3 is 1. The zero-order chi connectivity index (χ0) is 16.4. The van der Waals surface area contributed by atoms with Crippen LogP contribution in [0.1, 0.15) is 12.5 Å². The van der Waals surface area contributed by atoms with Crippen molar-refractivity contribution in [1.29, 1.82) is 0 Å². The van der Waals surface area contributed by atoms with Crippen LogP contribution in [0.3, 0.4) is 0 Å². The number of allylic oxidation sites excluding steroid dienone is 1. The van der Waals surface area contributed by atoms with Crippen LogP contribution in [-0.2, 0) is 6.54 Å². The molecule has 0 saturated heterocycles. The van der Waals surface area contributed by atoms with Gasteiger partial charge in [-0.15, -0.1) is 0 Å². The number of hydrogen-bond donors (Lipinski definition) is 1. The van der Waals surface area contributed by atoms with Crippen molar-refractivity contribution in [1.82, 2.24) is 15.1 Å². The van der Waals surface area contributed by atoms with Crippen LogP contribution in [0.15, 0.2) is 41.5 Å². The summed E-state index contributed by atoms with van der Waals surface area (Å²) in [6.45, 7) is 4.63. The molecule has 0 unspecified atom stereocenters. The zero-order valence-corrected chi connectivity index (χ0v) is 14.3. The van der Waals surface area contributed by atoms with Gasteiger partial charge in [-0.25, -0.2) is 4.99 Å². The van der Waals surface area contributed by atoms with E-state index in [0.29, 0.717) is 0 Å². The fourth-order valence-electron chi connectivity index (χ4n) is 1.98. The Hall–Kier alpha value is -2.01. The molecule has 5 nitrogen and oxygen atoms in total. The monoisotopic (exact) mass is 304 g/mol. The highest BCUT2D eigenvalue weighted by molar-refractivity contribution is 5.80. The van der Waals surface area contributed by atoms with E-state index >= 15 is 0 Å². The minimum absolute atomic E-state index is 0.801. The summed E-state index contributed by atoms with van der Waals surface area (Å²) >= 11 is 0. The van der Waals surface area contributed by atoms with Gasteiger partial charge in [0.05, 0.1) is 7.11 Å². The Morgan fingerprint density at radius 2 is 1.91 bits per heavy atom. The topological polar surface area (TPSA) is 40.1 Å². The summed E-state index contributed by atoms with van der Waals surface area (Å²) in [5, 5.41) is 3.18. The Morgan fingerprint density at radius 1 is 1.23 bits per heavy atom. The lowest BCUT2D eigenvalue weighted by molar-refractivity contribution is 0.320. The first-order valence-electron chi connectivity index (χ1n) is 7.50. The Labute approximate surface area is 134 Å². The molecule has 0 spiro atoms. The molecule has 0 bridgehead atoms. The SMILES string of the molecule is C/C=C\N=C(/NC)N(CCN(C)C)Cc1ccc(OC)cc1. The third kappa shape index (κ3) is 6.18. The number of nitrogens with zero attached hydrogens (tertiary/aromatic N) is 3. The number of hydrogen-bond acceptors (Lipinski definition) is 3. The first kappa shape index (κ1) is 18.0. The molecule has 0 atom stereocenters. The third-order valence-corrected chi connectivity index (χ3v) is 3.22. The smallest absolute Gasteiger partial charge is 0.198 e. The molecular formula is C17H28N4O. The lowest BCUT2D eigenvalue weighted by Gasteiger charge is -2.27. The van der Waals surface area contributed by atoms with Crippen molar-refractivity contribution in [3.8, 4) is 5.75 Å². The Bertz CT molecular complexity index is 480. The Kier molecular flexibility index (Phi) is 8.07. The molecular weight excluding hydrogens is 276 g/mol. The number of guanidine groups is 1. The Balaban J connectivity index is 2.87.